The van der Waals surface area contributed by atoms with E-state index in [-0.39, 0.29) is 0 Å². The summed E-state index contributed by atoms with van der Waals surface area (Å²) in [6.45, 7) is 12.0. The van der Waals surface area contributed by atoms with Crippen molar-refractivity contribution < 1.29 is 0 Å². The number of hydrogen-bond donors (Lipinski definition) is 0. The molecule has 2 nitrogen and oxygen atoms in total. The van der Waals surface area contributed by atoms with E-state index in [1.807, 2.05) is 0 Å². The van der Waals surface area contributed by atoms with Crippen molar-refractivity contribution in [1.82, 2.24) is 9.22 Å². The Hall–Kier alpha value is -1.09. The second kappa shape index (κ2) is 5.52. The molecule has 2 aromatic heterocycles. The predicted molar refractivity (Wildman–Crippen MR) is 98.2 cm³/mol. The summed E-state index contributed by atoms with van der Waals surface area (Å²) in [4.78, 5) is 4.89. The highest BCUT2D eigenvalue weighted by Gasteiger charge is 2.38. The topological polar surface area (TPSA) is 17.8 Å². The fraction of sp³-hybridized carbons (Fsp3) is 0.632. The minimum Gasteiger partial charge on any atom is -0.359 e. The van der Waals surface area contributed by atoms with Crippen LogP contribution >= 0.6 is 0 Å². The van der Waals surface area contributed by atoms with Crippen LogP contribution in [0.15, 0.2) is 24.5 Å². The van der Waals surface area contributed by atoms with Crippen molar-refractivity contribution in [2.75, 3.05) is 0 Å². The molecule has 0 aromatic carbocycles. The predicted octanol–water partition coefficient (Wildman–Crippen LogP) is 5.94. The highest BCUT2D eigenvalue weighted by Crippen LogP contribution is 2.39. The normalized spacial score (nSPS) is 18.0. The van der Waals surface area contributed by atoms with Gasteiger partial charge in [0.2, 0.25) is 0 Å². The SMILES string of the molecule is CC(C)(C)[Si](C)(C)n1ccc2cc(C3CCCCC3)cnc21. The van der Waals surface area contributed by atoms with Gasteiger partial charge in [-0.15, -0.1) is 0 Å². The Balaban J connectivity index is 1.99. The monoisotopic (exact) mass is 314 g/mol. The van der Waals surface area contributed by atoms with Gasteiger partial charge in [-0.25, -0.2) is 4.98 Å². The molecular formula is C19H30N2Si. The van der Waals surface area contributed by atoms with E-state index in [0.29, 0.717) is 5.04 Å². The maximum atomic E-state index is 4.89. The minimum atomic E-state index is -1.60. The summed E-state index contributed by atoms with van der Waals surface area (Å²) in [7, 11) is -1.60. The smallest absolute Gasteiger partial charge is 0.163 e. The average Bonchev–Trinajstić information content (AvgIpc) is 2.90. The van der Waals surface area contributed by atoms with Gasteiger partial charge in [-0.05, 0) is 47.7 Å². The quantitative estimate of drug-likeness (QED) is 0.627. The maximum absolute atomic E-state index is 4.89. The van der Waals surface area contributed by atoms with Crippen molar-refractivity contribution in [3.63, 3.8) is 0 Å². The third kappa shape index (κ3) is 2.64. The third-order valence-corrected chi connectivity index (χ3v) is 11.3. The Labute approximate surface area is 136 Å². The van der Waals surface area contributed by atoms with Crippen molar-refractivity contribution in [3.05, 3.63) is 30.1 Å². The summed E-state index contributed by atoms with van der Waals surface area (Å²) in [5.41, 5.74) is 2.64. The number of nitrogens with zero attached hydrogens (tertiary/aromatic N) is 2. The molecule has 2 heterocycles. The van der Waals surface area contributed by atoms with Gasteiger partial charge in [0.15, 0.2) is 8.24 Å². The van der Waals surface area contributed by atoms with Crippen LogP contribution in [-0.2, 0) is 0 Å². The third-order valence-electron chi connectivity index (χ3n) is 6.06. The maximum Gasteiger partial charge on any atom is 0.163 e. The summed E-state index contributed by atoms with van der Waals surface area (Å²) in [6, 6.07) is 4.68. The van der Waals surface area contributed by atoms with Crippen molar-refractivity contribution in [2.45, 2.75) is 76.9 Å². The van der Waals surface area contributed by atoms with E-state index in [2.05, 4.69) is 62.6 Å². The molecule has 0 unspecified atom stereocenters. The number of pyridine rings is 1. The van der Waals surface area contributed by atoms with E-state index in [1.54, 1.807) is 0 Å². The lowest BCUT2D eigenvalue weighted by atomic mass is 9.85. The summed E-state index contributed by atoms with van der Waals surface area (Å²) in [5, 5.41) is 1.65. The fourth-order valence-corrected chi connectivity index (χ4v) is 5.40. The summed E-state index contributed by atoms with van der Waals surface area (Å²) < 4.78 is 2.49. The Kier molecular flexibility index (Phi) is 3.96. The molecule has 1 aliphatic rings. The van der Waals surface area contributed by atoms with Crippen molar-refractivity contribution in [1.29, 1.82) is 0 Å². The van der Waals surface area contributed by atoms with Gasteiger partial charge in [-0.2, -0.15) is 0 Å². The molecular weight excluding hydrogens is 284 g/mol. The van der Waals surface area contributed by atoms with Crippen LogP contribution in [0.1, 0.15) is 64.4 Å². The van der Waals surface area contributed by atoms with Crippen molar-refractivity contribution in [3.8, 4) is 0 Å². The Bertz CT molecular complexity index is 658. The van der Waals surface area contributed by atoms with E-state index >= 15 is 0 Å². The number of aromatic nitrogens is 2. The molecule has 0 bridgehead atoms. The number of fused-ring (bicyclic) bond motifs is 1. The fourth-order valence-electron chi connectivity index (χ4n) is 3.51. The molecule has 0 atom stereocenters. The molecule has 22 heavy (non-hydrogen) atoms. The van der Waals surface area contributed by atoms with Crippen LogP contribution in [-0.4, -0.2) is 17.5 Å². The van der Waals surface area contributed by atoms with Gasteiger partial charge in [-0.1, -0.05) is 53.1 Å². The second-order valence-corrected chi connectivity index (χ2v) is 13.6. The van der Waals surface area contributed by atoms with Crippen molar-refractivity contribution >= 4 is 19.3 Å². The van der Waals surface area contributed by atoms with Crippen LogP contribution < -0.4 is 0 Å². The highest BCUT2D eigenvalue weighted by molar-refractivity contribution is 6.79. The van der Waals surface area contributed by atoms with Gasteiger partial charge in [0.25, 0.3) is 0 Å². The lowest BCUT2D eigenvalue weighted by Crippen LogP contribution is -2.45. The van der Waals surface area contributed by atoms with Gasteiger partial charge in [0.05, 0.1) is 0 Å². The largest absolute Gasteiger partial charge is 0.359 e. The molecule has 0 N–H and O–H groups in total. The summed E-state index contributed by atoms with van der Waals surface area (Å²) >= 11 is 0. The Morgan fingerprint density at radius 3 is 2.45 bits per heavy atom. The lowest BCUT2D eigenvalue weighted by Gasteiger charge is -2.38. The zero-order valence-corrected chi connectivity index (χ0v) is 15.8. The number of rotatable bonds is 2. The molecule has 0 spiro atoms. The lowest BCUT2D eigenvalue weighted by molar-refractivity contribution is 0.443. The molecule has 0 saturated heterocycles. The highest BCUT2D eigenvalue weighted by atomic mass is 28.3. The molecule has 1 fully saturated rings. The zero-order valence-electron chi connectivity index (χ0n) is 14.8. The van der Waals surface area contributed by atoms with Crippen molar-refractivity contribution in [2.24, 2.45) is 0 Å². The molecule has 1 aliphatic carbocycles. The molecule has 0 amide bonds. The first-order chi connectivity index (χ1) is 10.3. The van der Waals surface area contributed by atoms with Crippen LogP contribution in [0.2, 0.25) is 18.1 Å². The van der Waals surface area contributed by atoms with Crippen LogP contribution in [0.3, 0.4) is 0 Å². The molecule has 0 radical (unpaired) electrons. The molecule has 3 rings (SSSR count). The van der Waals surface area contributed by atoms with E-state index < -0.39 is 8.24 Å². The van der Waals surface area contributed by atoms with Gasteiger partial charge in [0, 0.05) is 11.6 Å². The van der Waals surface area contributed by atoms with E-state index in [9.17, 15) is 0 Å². The summed E-state index contributed by atoms with van der Waals surface area (Å²) in [6.07, 6.45) is 11.3. The first-order valence-electron chi connectivity index (χ1n) is 8.78. The minimum absolute atomic E-state index is 0.322. The van der Waals surface area contributed by atoms with E-state index in [4.69, 9.17) is 4.98 Å². The molecule has 120 valence electrons. The molecule has 3 heteroatoms. The zero-order chi connectivity index (χ0) is 16.0. The van der Waals surface area contributed by atoms with Crippen LogP contribution in [0.5, 0.6) is 0 Å². The van der Waals surface area contributed by atoms with Gasteiger partial charge in [-0.3, -0.25) is 0 Å². The van der Waals surface area contributed by atoms with E-state index in [0.717, 1.165) is 5.92 Å². The Morgan fingerprint density at radius 2 is 1.82 bits per heavy atom. The van der Waals surface area contributed by atoms with Gasteiger partial charge < -0.3 is 4.23 Å². The Morgan fingerprint density at radius 1 is 1.14 bits per heavy atom. The molecule has 2 aromatic rings. The standard InChI is InChI=1S/C19H30N2Si/c1-19(2,3)22(4,5)21-12-11-16-13-17(14-20-18(16)21)15-9-7-6-8-10-15/h11-15H,6-10H2,1-5H3. The van der Waals surface area contributed by atoms with Gasteiger partial charge in [0.1, 0.15) is 5.65 Å². The van der Waals surface area contributed by atoms with Crippen LogP contribution in [0.4, 0.5) is 0 Å². The van der Waals surface area contributed by atoms with Gasteiger partial charge >= 0.3 is 0 Å². The van der Waals surface area contributed by atoms with Crippen LogP contribution in [0, 0.1) is 0 Å². The molecule has 1 saturated carbocycles. The van der Waals surface area contributed by atoms with Crippen LogP contribution in [0.25, 0.3) is 11.0 Å². The average molecular weight is 315 g/mol. The molecule has 0 aliphatic heterocycles. The summed E-state index contributed by atoms with van der Waals surface area (Å²) in [5.74, 6) is 0.738. The number of hydrogen-bond acceptors (Lipinski definition) is 1. The second-order valence-electron chi connectivity index (χ2n) is 8.51. The van der Waals surface area contributed by atoms with E-state index in [1.165, 1.54) is 48.7 Å². The first kappa shape index (κ1) is 15.8. The first-order valence-corrected chi connectivity index (χ1v) is 11.7.